The van der Waals surface area contributed by atoms with Crippen molar-refractivity contribution in [2.75, 3.05) is 0 Å². The van der Waals surface area contributed by atoms with Crippen LogP contribution in [-0.2, 0) is 0 Å². The van der Waals surface area contributed by atoms with Crippen molar-refractivity contribution in [3.8, 4) is 11.4 Å². The van der Waals surface area contributed by atoms with Gasteiger partial charge < -0.3 is 0 Å². The van der Waals surface area contributed by atoms with Gasteiger partial charge in [-0.3, -0.25) is 19.5 Å². The maximum absolute atomic E-state index is 13.2. The molecule has 0 fully saturated rings. The highest BCUT2D eigenvalue weighted by atomic mass is 19.1. The van der Waals surface area contributed by atoms with E-state index < -0.39 is 16.6 Å². The first-order valence-corrected chi connectivity index (χ1v) is 8.08. The Labute approximate surface area is 152 Å². The fraction of sp³-hybridized carbons (Fsp3) is 0. The number of fused-ring (bicyclic) bond motifs is 1. The molecule has 132 valence electrons. The first-order valence-electron chi connectivity index (χ1n) is 8.08. The van der Waals surface area contributed by atoms with Crippen molar-refractivity contribution < 1.29 is 14.1 Å². The average Bonchev–Trinajstić information content (AvgIpc) is 3.07. The highest BCUT2D eigenvalue weighted by molar-refractivity contribution is 6.04. The molecule has 1 heterocycles. The van der Waals surface area contributed by atoms with E-state index in [0.717, 1.165) is 0 Å². The number of nitro benzene ring substituents is 1. The lowest BCUT2D eigenvalue weighted by Gasteiger charge is -2.08. The minimum absolute atomic E-state index is 0.152. The number of hydrogen-bond donors (Lipinski definition) is 0. The van der Waals surface area contributed by atoms with Gasteiger partial charge in [0.25, 0.3) is 11.6 Å². The molecule has 6 nitrogen and oxygen atoms in total. The van der Waals surface area contributed by atoms with Crippen LogP contribution >= 0.6 is 0 Å². The molecule has 0 amide bonds. The van der Waals surface area contributed by atoms with E-state index in [0.29, 0.717) is 11.0 Å². The predicted molar refractivity (Wildman–Crippen MR) is 98.0 cm³/mol. The van der Waals surface area contributed by atoms with Gasteiger partial charge in [-0.05, 0) is 42.5 Å². The molecule has 0 bridgehead atoms. The van der Waals surface area contributed by atoms with Crippen LogP contribution in [0.1, 0.15) is 10.4 Å². The molecule has 0 N–H and O–H groups in total. The molecule has 0 radical (unpaired) electrons. The zero-order valence-electron chi connectivity index (χ0n) is 13.9. The summed E-state index contributed by atoms with van der Waals surface area (Å²) in [4.78, 5) is 28.5. The molecular weight excluding hydrogens is 349 g/mol. The highest BCUT2D eigenvalue weighted by Gasteiger charge is 2.24. The molecule has 0 spiro atoms. The van der Waals surface area contributed by atoms with Crippen LogP contribution in [-0.4, -0.2) is 20.4 Å². The number of carbonyl (C=O) groups excluding carboxylic acids is 1. The molecule has 4 rings (SSSR count). The number of rotatable bonds is 3. The van der Waals surface area contributed by atoms with Crippen molar-refractivity contribution in [1.29, 1.82) is 0 Å². The third kappa shape index (κ3) is 2.85. The molecule has 0 atom stereocenters. The Balaban J connectivity index is 2.00. The second-order valence-corrected chi connectivity index (χ2v) is 5.85. The highest BCUT2D eigenvalue weighted by Crippen LogP contribution is 2.32. The predicted octanol–water partition coefficient (Wildman–Crippen LogP) is 4.44. The maximum Gasteiger partial charge on any atom is 0.280 e. The lowest BCUT2D eigenvalue weighted by atomic mass is 10.1. The van der Waals surface area contributed by atoms with Crippen LogP contribution in [0.2, 0.25) is 0 Å². The van der Waals surface area contributed by atoms with E-state index in [1.54, 1.807) is 42.5 Å². The topological polar surface area (TPSA) is 78.0 Å². The van der Waals surface area contributed by atoms with Gasteiger partial charge in [-0.2, -0.15) is 0 Å². The smallest absolute Gasteiger partial charge is 0.268 e. The zero-order valence-corrected chi connectivity index (χ0v) is 13.9. The Morgan fingerprint density at radius 1 is 0.963 bits per heavy atom. The molecule has 0 aliphatic rings. The van der Waals surface area contributed by atoms with Crippen LogP contribution in [0.4, 0.5) is 10.1 Å². The van der Waals surface area contributed by atoms with Crippen LogP contribution in [0.25, 0.3) is 22.4 Å². The van der Waals surface area contributed by atoms with Crippen molar-refractivity contribution in [3.05, 3.63) is 94.3 Å². The summed E-state index contributed by atoms with van der Waals surface area (Å²) in [6.07, 6.45) is 0. The third-order valence-corrected chi connectivity index (χ3v) is 4.20. The van der Waals surface area contributed by atoms with Gasteiger partial charge in [0, 0.05) is 11.6 Å². The molecule has 1 aromatic heterocycles. The second kappa shape index (κ2) is 6.45. The van der Waals surface area contributed by atoms with Crippen molar-refractivity contribution in [1.82, 2.24) is 9.55 Å². The molecule has 27 heavy (non-hydrogen) atoms. The quantitative estimate of drug-likeness (QED) is 0.399. The summed E-state index contributed by atoms with van der Waals surface area (Å²) in [5.74, 6) is -0.740. The van der Waals surface area contributed by atoms with E-state index in [4.69, 9.17) is 0 Å². The maximum atomic E-state index is 13.2. The van der Waals surface area contributed by atoms with Gasteiger partial charge in [-0.15, -0.1) is 0 Å². The van der Waals surface area contributed by atoms with Crippen molar-refractivity contribution in [3.63, 3.8) is 0 Å². The molecule has 0 saturated heterocycles. The van der Waals surface area contributed by atoms with Crippen LogP contribution in [0.3, 0.4) is 0 Å². The van der Waals surface area contributed by atoms with Gasteiger partial charge in [0.1, 0.15) is 5.82 Å². The van der Waals surface area contributed by atoms with E-state index >= 15 is 0 Å². The van der Waals surface area contributed by atoms with E-state index in [2.05, 4.69) is 4.98 Å². The number of aromatic nitrogens is 2. The number of benzene rings is 3. The minimum Gasteiger partial charge on any atom is -0.268 e. The molecular formula is C20H12FN3O3. The monoisotopic (exact) mass is 361 g/mol. The number of para-hydroxylation sites is 3. The first-order chi connectivity index (χ1) is 13.1. The molecule has 3 aromatic carbocycles. The largest absolute Gasteiger partial charge is 0.280 e. The summed E-state index contributed by atoms with van der Waals surface area (Å²) in [5.41, 5.74) is 1.37. The molecule has 0 aliphatic carbocycles. The zero-order chi connectivity index (χ0) is 19.0. The number of carbonyl (C=O) groups is 1. The third-order valence-electron chi connectivity index (χ3n) is 4.20. The Morgan fingerprint density at radius 2 is 1.63 bits per heavy atom. The first kappa shape index (κ1) is 16.6. The lowest BCUT2D eigenvalue weighted by Crippen LogP contribution is -2.14. The number of nitro groups is 1. The van der Waals surface area contributed by atoms with Gasteiger partial charge in [0.15, 0.2) is 5.82 Å². The normalized spacial score (nSPS) is 10.9. The summed E-state index contributed by atoms with van der Waals surface area (Å²) in [6.45, 7) is 0. The van der Waals surface area contributed by atoms with E-state index in [1.807, 2.05) is 0 Å². The van der Waals surface area contributed by atoms with Crippen LogP contribution in [0, 0.1) is 15.9 Å². The fourth-order valence-electron chi connectivity index (χ4n) is 2.96. The van der Waals surface area contributed by atoms with Crippen LogP contribution in [0.5, 0.6) is 0 Å². The Hall–Kier alpha value is -3.87. The standard InChI is InChI=1S/C20H12FN3O3/c21-14-11-9-13(10-12-14)20(25)23-18-8-4-2-6-16(18)22-19(23)15-5-1-3-7-17(15)24(26)27/h1-12H. The van der Waals surface area contributed by atoms with Crippen molar-refractivity contribution in [2.45, 2.75) is 0 Å². The Morgan fingerprint density at radius 3 is 2.37 bits per heavy atom. The second-order valence-electron chi connectivity index (χ2n) is 5.85. The van der Waals surface area contributed by atoms with Gasteiger partial charge in [0.05, 0.1) is 21.5 Å². The van der Waals surface area contributed by atoms with Crippen LogP contribution in [0.15, 0.2) is 72.8 Å². The summed E-state index contributed by atoms with van der Waals surface area (Å²) >= 11 is 0. The number of hydrogen-bond acceptors (Lipinski definition) is 4. The summed E-state index contributed by atoms with van der Waals surface area (Å²) in [5, 5.41) is 11.4. The molecule has 0 saturated carbocycles. The Kier molecular flexibility index (Phi) is 3.97. The van der Waals surface area contributed by atoms with Gasteiger partial charge in [-0.25, -0.2) is 9.37 Å². The summed E-state index contributed by atoms with van der Waals surface area (Å²) in [6, 6.07) is 18.2. The molecule has 0 unspecified atom stereocenters. The molecule has 7 heteroatoms. The molecule has 0 aliphatic heterocycles. The Bertz CT molecular complexity index is 1180. The average molecular weight is 361 g/mol. The van der Waals surface area contributed by atoms with Gasteiger partial charge in [0.2, 0.25) is 0 Å². The van der Waals surface area contributed by atoms with E-state index in [9.17, 15) is 19.3 Å². The fourth-order valence-corrected chi connectivity index (χ4v) is 2.96. The van der Waals surface area contributed by atoms with Gasteiger partial charge >= 0.3 is 0 Å². The van der Waals surface area contributed by atoms with Gasteiger partial charge in [-0.1, -0.05) is 24.3 Å². The summed E-state index contributed by atoms with van der Waals surface area (Å²) in [7, 11) is 0. The number of nitrogens with zero attached hydrogens (tertiary/aromatic N) is 3. The molecule has 4 aromatic rings. The minimum atomic E-state index is -0.513. The lowest BCUT2D eigenvalue weighted by molar-refractivity contribution is -0.384. The number of halogens is 1. The number of imidazole rings is 1. The van der Waals surface area contributed by atoms with E-state index in [1.165, 1.54) is 34.9 Å². The van der Waals surface area contributed by atoms with E-state index in [-0.39, 0.29) is 22.6 Å². The van der Waals surface area contributed by atoms with Crippen molar-refractivity contribution in [2.24, 2.45) is 0 Å². The summed E-state index contributed by atoms with van der Waals surface area (Å²) < 4.78 is 14.6. The van der Waals surface area contributed by atoms with Crippen molar-refractivity contribution >= 4 is 22.6 Å². The SMILES string of the molecule is O=C(c1ccc(F)cc1)n1c(-c2ccccc2[N+](=O)[O-])nc2ccccc21. The van der Waals surface area contributed by atoms with Crippen LogP contribution < -0.4 is 0 Å².